The molecule has 1 aromatic heterocycles. The zero-order valence-corrected chi connectivity index (χ0v) is 10.00. The lowest BCUT2D eigenvalue weighted by Gasteiger charge is -2.04. The Balaban J connectivity index is 1.82. The van der Waals surface area contributed by atoms with Gasteiger partial charge in [-0.3, -0.25) is 0 Å². The second kappa shape index (κ2) is 4.52. The Morgan fingerprint density at radius 3 is 2.81 bits per heavy atom. The smallest absolute Gasteiger partial charge is 0.259 e. The molecule has 1 aliphatic rings. The van der Waals surface area contributed by atoms with Crippen molar-refractivity contribution < 1.29 is 8.42 Å². The van der Waals surface area contributed by atoms with Crippen molar-refractivity contribution in [2.75, 3.05) is 13.1 Å². The highest BCUT2D eigenvalue weighted by Crippen LogP contribution is 2.17. The lowest BCUT2D eigenvalue weighted by Crippen LogP contribution is -2.32. The molecule has 0 saturated heterocycles. The topological polar surface area (TPSA) is 76.0 Å². The maximum absolute atomic E-state index is 11.7. The Labute approximate surface area is 95.1 Å². The van der Waals surface area contributed by atoms with E-state index in [1.165, 1.54) is 25.4 Å². The van der Waals surface area contributed by atoms with Crippen LogP contribution >= 0.6 is 0 Å². The fraction of sp³-hybridized carbons (Fsp3) is 0.667. The average molecular weight is 244 g/mol. The summed E-state index contributed by atoms with van der Waals surface area (Å²) in [7, 11) is -1.70. The van der Waals surface area contributed by atoms with Gasteiger partial charge in [0.2, 0.25) is 0 Å². The van der Waals surface area contributed by atoms with Gasteiger partial charge in [-0.15, -0.1) is 0 Å². The Morgan fingerprint density at radius 1 is 1.50 bits per heavy atom. The van der Waals surface area contributed by atoms with Gasteiger partial charge in [-0.2, -0.15) is 0 Å². The van der Waals surface area contributed by atoms with Crippen molar-refractivity contribution >= 4 is 10.0 Å². The summed E-state index contributed by atoms with van der Waals surface area (Å²) >= 11 is 0. The van der Waals surface area contributed by atoms with Crippen LogP contribution < -0.4 is 10.0 Å². The van der Waals surface area contributed by atoms with E-state index in [-0.39, 0.29) is 5.03 Å². The maximum Gasteiger partial charge on any atom is 0.259 e. The van der Waals surface area contributed by atoms with Gasteiger partial charge in [0.1, 0.15) is 0 Å². The Bertz CT molecular complexity index is 450. The molecule has 90 valence electrons. The zero-order chi connectivity index (χ0) is 11.6. The van der Waals surface area contributed by atoms with Crippen LogP contribution in [0.2, 0.25) is 0 Å². The molecule has 2 rings (SSSR count). The summed E-state index contributed by atoms with van der Waals surface area (Å²) < 4.78 is 27.5. The standard InChI is InChI=1S/C9H16N4O2S/c1-13-6-9(11-7-13)16(14,15)12-5-4-10-8-2-3-8/h6-8,10,12H,2-5H2,1H3. The van der Waals surface area contributed by atoms with Crippen molar-refractivity contribution in [3.8, 4) is 0 Å². The van der Waals surface area contributed by atoms with Crippen LogP contribution in [0, 0.1) is 0 Å². The Hall–Kier alpha value is -0.920. The van der Waals surface area contributed by atoms with Crippen molar-refractivity contribution in [2.45, 2.75) is 23.9 Å². The monoisotopic (exact) mass is 244 g/mol. The number of hydrogen-bond donors (Lipinski definition) is 2. The number of rotatable bonds is 6. The first-order valence-corrected chi connectivity index (χ1v) is 6.77. The summed E-state index contributed by atoms with van der Waals surface area (Å²) in [5.41, 5.74) is 0. The summed E-state index contributed by atoms with van der Waals surface area (Å²) in [6, 6.07) is 0.597. The maximum atomic E-state index is 11.7. The highest BCUT2D eigenvalue weighted by molar-refractivity contribution is 7.89. The third-order valence-electron chi connectivity index (χ3n) is 2.38. The second-order valence-corrected chi connectivity index (χ2v) is 5.72. The summed E-state index contributed by atoms with van der Waals surface area (Å²) in [5.74, 6) is 0. The van der Waals surface area contributed by atoms with Gasteiger partial charge in [-0.25, -0.2) is 18.1 Å². The molecule has 1 fully saturated rings. The first-order chi connectivity index (χ1) is 7.58. The van der Waals surface area contributed by atoms with Crippen LogP contribution in [0.5, 0.6) is 0 Å². The van der Waals surface area contributed by atoms with E-state index in [1.807, 2.05) is 0 Å². The summed E-state index contributed by atoms with van der Waals surface area (Å²) in [6.45, 7) is 1.06. The molecule has 0 spiro atoms. The molecule has 16 heavy (non-hydrogen) atoms. The Kier molecular flexibility index (Phi) is 3.27. The van der Waals surface area contributed by atoms with Crippen LogP contribution in [0.4, 0.5) is 0 Å². The van der Waals surface area contributed by atoms with Gasteiger partial charge in [0.05, 0.1) is 6.33 Å². The molecule has 1 saturated carbocycles. The van der Waals surface area contributed by atoms with Gasteiger partial charge < -0.3 is 9.88 Å². The largest absolute Gasteiger partial charge is 0.339 e. The van der Waals surface area contributed by atoms with Crippen molar-refractivity contribution in [3.05, 3.63) is 12.5 Å². The molecular formula is C9H16N4O2S. The van der Waals surface area contributed by atoms with Gasteiger partial charge in [0, 0.05) is 32.4 Å². The summed E-state index contributed by atoms with van der Waals surface area (Å²) in [6.07, 6.45) is 5.35. The zero-order valence-electron chi connectivity index (χ0n) is 9.18. The number of aryl methyl sites for hydroxylation is 1. The van der Waals surface area contributed by atoms with Gasteiger partial charge >= 0.3 is 0 Å². The molecule has 0 atom stereocenters. The fourth-order valence-electron chi connectivity index (χ4n) is 1.35. The van der Waals surface area contributed by atoms with Crippen molar-refractivity contribution in [1.29, 1.82) is 0 Å². The molecule has 0 amide bonds. The molecule has 7 heteroatoms. The minimum Gasteiger partial charge on any atom is -0.339 e. The van der Waals surface area contributed by atoms with E-state index in [0.29, 0.717) is 19.1 Å². The van der Waals surface area contributed by atoms with Crippen LogP contribution in [0.25, 0.3) is 0 Å². The number of sulfonamides is 1. The molecular weight excluding hydrogens is 228 g/mol. The lowest BCUT2D eigenvalue weighted by atomic mass is 10.6. The number of hydrogen-bond acceptors (Lipinski definition) is 4. The predicted octanol–water partition coefficient (Wildman–Crippen LogP) is -0.550. The number of nitrogens with one attached hydrogen (secondary N) is 2. The first kappa shape index (κ1) is 11.6. The highest BCUT2D eigenvalue weighted by atomic mass is 32.2. The quantitative estimate of drug-likeness (QED) is 0.658. The fourth-order valence-corrected chi connectivity index (χ4v) is 2.36. The van der Waals surface area contributed by atoms with E-state index >= 15 is 0 Å². The molecule has 0 radical (unpaired) electrons. The molecule has 1 heterocycles. The van der Waals surface area contributed by atoms with Crippen LogP contribution in [-0.4, -0.2) is 37.1 Å². The summed E-state index contributed by atoms with van der Waals surface area (Å²) in [4.78, 5) is 3.81. The normalized spacial score (nSPS) is 16.6. The van der Waals surface area contributed by atoms with E-state index in [1.54, 1.807) is 11.6 Å². The molecule has 6 nitrogen and oxygen atoms in total. The van der Waals surface area contributed by atoms with Crippen LogP contribution in [0.3, 0.4) is 0 Å². The number of imidazole rings is 1. The number of aromatic nitrogens is 2. The third-order valence-corrected chi connectivity index (χ3v) is 3.73. The van der Waals surface area contributed by atoms with Crippen LogP contribution in [0.15, 0.2) is 17.6 Å². The molecule has 0 aliphatic heterocycles. The van der Waals surface area contributed by atoms with E-state index in [4.69, 9.17) is 0 Å². The van der Waals surface area contributed by atoms with Crippen molar-refractivity contribution in [2.24, 2.45) is 7.05 Å². The molecule has 0 unspecified atom stereocenters. The minimum absolute atomic E-state index is 0.0708. The van der Waals surface area contributed by atoms with Crippen molar-refractivity contribution in [3.63, 3.8) is 0 Å². The van der Waals surface area contributed by atoms with Gasteiger partial charge in [0.25, 0.3) is 10.0 Å². The number of nitrogens with zero attached hydrogens (tertiary/aromatic N) is 2. The Morgan fingerprint density at radius 2 is 2.25 bits per heavy atom. The van der Waals surface area contributed by atoms with Gasteiger partial charge in [-0.05, 0) is 12.8 Å². The second-order valence-electron chi connectivity index (χ2n) is 4.00. The third kappa shape index (κ3) is 3.03. The van der Waals surface area contributed by atoms with E-state index in [2.05, 4.69) is 15.0 Å². The van der Waals surface area contributed by atoms with E-state index < -0.39 is 10.0 Å². The predicted molar refractivity (Wildman–Crippen MR) is 59.4 cm³/mol. The highest BCUT2D eigenvalue weighted by Gasteiger charge is 2.20. The molecule has 0 aromatic carbocycles. The average Bonchev–Trinajstić information content (AvgIpc) is 2.94. The van der Waals surface area contributed by atoms with Gasteiger partial charge in [-0.1, -0.05) is 0 Å². The van der Waals surface area contributed by atoms with Crippen molar-refractivity contribution in [1.82, 2.24) is 19.6 Å². The molecule has 1 aliphatic carbocycles. The first-order valence-electron chi connectivity index (χ1n) is 5.29. The molecule has 0 bridgehead atoms. The van der Waals surface area contributed by atoms with E-state index in [0.717, 1.165) is 0 Å². The van der Waals surface area contributed by atoms with Crippen LogP contribution in [-0.2, 0) is 17.1 Å². The molecule has 2 N–H and O–H groups in total. The van der Waals surface area contributed by atoms with Gasteiger partial charge in [0.15, 0.2) is 5.03 Å². The van der Waals surface area contributed by atoms with E-state index in [9.17, 15) is 8.42 Å². The summed E-state index contributed by atoms with van der Waals surface area (Å²) in [5, 5.41) is 3.30. The SMILES string of the molecule is Cn1cnc(S(=O)(=O)NCCNC2CC2)c1. The lowest BCUT2D eigenvalue weighted by molar-refractivity contribution is 0.572. The van der Waals surface area contributed by atoms with Crippen LogP contribution in [0.1, 0.15) is 12.8 Å². The molecule has 1 aromatic rings. The minimum atomic E-state index is -3.44.